The molecular formula is C17H24ClF3N2O. The monoisotopic (exact) mass is 364 g/mol. The van der Waals surface area contributed by atoms with Crippen molar-refractivity contribution in [2.45, 2.75) is 50.7 Å². The third-order valence-corrected chi connectivity index (χ3v) is 4.49. The molecule has 1 aliphatic rings. The summed E-state index contributed by atoms with van der Waals surface area (Å²) in [5.74, 6) is -0.0710. The summed E-state index contributed by atoms with van der Waals surface area (Å²) in [6.45, 7) is 0.317. The number of halogens is 4. The molecule has 136 valence electrons. The van der Waals surface area contributed by atoms with Crippen LogP contribution in [-0.4, -0.2) is 18.5 Å². The highest BCUT2D eigenvalue weighted by atomic mass is 35.5. The third-order valence-electron chi connectivity index (χ3n) is 4.49. The average molecular weight is 365 g/mol. The summed E-state index contributed by atoms with van der Waals surface area (Å²) in [7, 11) is 0. The lowest BCUT2D eigenvalue weighted by atomic mass is 9.84. The van der Waals surface area contributed by atoms with Crippen molar-refractivity contribution in [2.75, 3.05) is 6.54 Å². The van der Waals surface area contributed by atoms with E-state index in [1.807, 2.05) is 0 Å². The Bertz CT molecular complexity index is 531. The number of hydrogen-bond acceptors (Lipinski definition) is 2. The second-order valence-corrected chi connectivity index (χ2v) is 6.14. The molecule has 1 amide bonds. The molecule has 1 unspecified atom stereocenters. The van der Waals surface area contributed by atoms with Gasteiger partial charge in [0.25, 0.3) is 0 Å². The summed E-state index contributed by atoms with van der Waals surface area (Å²) >= 11 is 0. The maximum absolute atomic E-state index is 13.0. The number of hydrogen-bond donors (Lipinski definition) is 2. The minimum absolute atomic E-state index is 0. The molecule has 1 aliphatic carbocycles. The van der Waals surface area contributed by atoms with Crippen LogP contribution < -0.4 is 11.1 Å². The van der Waals surface area contributed by atoms with E-state index in [4.69, 9.17) is 5.73 Å². The molecule has 1 saturated carbocycles. The van der Waals surface area contributed by atoms with Crippen LogP contribution in [0.25, 0.3) is 0 Å². The van der Waals surface area contributed by atoms with Crippen LogP contribution in [0, 0.1) is 5.92 Å². The Labute approximate surface area is 146 Å². The van der Waals surface area contributed by atoms with Gasteiger partial charge in [-0.2, -0.15) is 13.2 Å². The first-order valence-electron chi connectivity index (χ1n) is 8.06. The lowest BCUT2D eigenvalue weighted by Gasteiger charge is -2.30. The number of benzene rings is 1. The van der Waals surface area contributed by atoms with Crippen molar-refractivity contribution in [2.24, 2.45) is 11.7 Å². The van der Waals surface area contributed by atoms with Gasteiger partial charge < -0.3 is 11.1 Å². The number of nitrogens with one attached hydrogen (secondary N) is 1. The number of carbonyl (C=O) groups is 1. The second-order valence-electron chi connectivity index (χ2n) is 6.14. The van der Waals surface area contributed by atoms with Crippen molar-refractivity contribution in [3.8, 4) is 0 Å². The van der Waals surface area contributed by atoms with Crippen molar-refractivity contribution in [1.29, 1.82) is 0 Å². The van der Waals surface area contributed by atoms with E-state index < -0.39 is 17.6 Å². The van der Waals surface area contributed by atoms with Crippen LogP contribution in [0.3, 0.4) is 0 Å². The molecule has 24 heavy (non-hydrogen) atoms. The first-order valence-corrected chi connectivity index (χ1v) is 8.06. The highest BCUT2D eigenvalue weighted by Gasteiger charge is 2.33. The predicted octanol–water partition coefficient (Wildman–Crippen LogP) is 3.69. The lowest BCUT2D eigenvalue weighted by Crippen LogP contribution is -2.46. The maximum Gasteiger partial charge on any atom is 0.416 e. The van der Waals surface area contributed by atoms with Crippen molar-refractivity contribution in [1.82, 2.24) is 5.32 Å². The zero-order chi connectivity index (χ0) is 16.9. The van der Waals surface area contributed by atoms with Gasteiger partial charge in [-0.15, -0.1) is 12.4 Å². The van der Waals surface area contributed by atoms with Crippen LogP contribution >= 0.6 is 12.4 Å². The van der Waals surface area contributed by atoms with Crippen molar-refractivity contribution < 1.29 is 18.0 Å². The molecule has 1 atom stereocenters. The van der Waals surface area contributed by atoms with Gasteiger partial charge in [0, 0.05) is 12.6 Å². The van der Waals surface area contributed by atoms with Crippen molar-refractivity contribution in [3.63, 3.8) is 0 Å². The summed E-state index contributed by atoms with van der Waals surface area (Å²) in [4.78, 5) is 12.2. The van der Waals surface area contributed by atoms with Gasteiger partial charge in [0.15, 0.2) is 0 Å². The smallest absolute Gasteiger partial charge is 0.352 e. The molecule has 0 radical (unpaired) electrons. The fourth-order valence-electron chi connectivity index (χ4n) is 3.29. The quantitative estimate of drug-likeness (QED) is 0.837. The standard InChI is InChI=1S/C17H23F3N2O.ClH/c18-17(19,20)14-9-5-4-8-13(14)10-16(23)22-15(11-21)12-6-2-1-3-7-12;/h4-5,8-9,12,15H,1-3,6-7,10-11,21H2,(H,22,23);1H. The van der Waals surface area contributed by atoms with E-state index in [1.54, 1.807) is 0 Å². The molecule has 1 fully saturated rings. The summed E-state index contributed by atoms with van der Waals surface area (Å²) in [5, 5.41) is 2.83. The molecule has 0 spiro atoms. The number of nitrogens with two attached hydrogens (primary N) is 1. The molecular weight excluding hydrogens is 341 g/mol. The molecule has 0 bridgehead atoms. The largest absolute Gasteiger partial charge is 0.416 e. The highest BCUT2D eigenvalue weighted by Crippen LogP contribution is 2.32. The van der Waals surface area contributed by atoms with E-state index in [1.165, 1.54) is 24.6 Å². The second kappa shape index (κ2) is 9.28. The number of carbonyl (C=O) groups excluding carboxylic acids is 1. The SMILES string of the molecule is Cl.NCC(NC(=O)Cc1ccccc1C(F)(F)F)C1CCCCC1. The van der Waals surface area contributed by atoms with E-state index in [0.717, 1.165) is 31.7 Å². The molecule has 0 heterocycles. The van der Waals surface area contributed by atoms with Crippen LogP contribution in [0.15, 0.2) is 24.3 Å². The number of alkyl halides is 3. The van der Waals surface area contributed by atoms with Gasteiger partial charge >= 0.3 is 6.18 Å². The number of amides is 1. The Morgan fingerprint density at radius 1 is 1.21 bits per heavy atom. The van der Waals surface area contributed by atoms with Crippen LogP contribution in [0.2, 0.25) is 0 Å². The van der Waals surface area contributed by atoms with E-state index in [2.05, 4.69) is 5.32 Å². The molecule has 0 aromatic heterocycles. The maximum atomic E-state index is 13.0. The lowest BCUT2D eigenvalue weighted by molar-refractivity contribution is -0.138. The summed E-state index contributed by atoms with van der Waals surface area (Å²) in [5.41, 5.74) is 4.99. The zero-order valence-corrected chi connectivity index (χ0v) is 14.3. The van der Waals surface area contributed by atoms with Crippen molar-refractivity contribution >= 4 is 18.3 Å². The molecule has 7 heteroatoms. The summed E-state index contributed by atoms with van der Waals surface area (Å²) in [6.07, 6.45) is 0.734. The molecule has 0 saturated heterocycles. The van der Waals surface area contributed by atoms with Crippen molar-refractivity contribution in [3.05, 3.63) is 35.4 Å². The molecule has 1 aromatic rings. The third kappa shape index (κ3) is 5.67. The van der Waals surface area contributed by atoms with Crippen LogP contribution in [0.5, 0.6) is 0 Å². The summed E-state index contributed by atoms with van der Waals surface area (Å²) in [6, 6.07) is 5.04. The minimum atomic E-state index is -4.45. The van der Waals surface area contributed by atoms with E-state index in [-0.39, 0.29) is 30.4 Å². The minimum Gasteiger partial charge on any atom is -0.352 e. The summed E-state index contributed by atoms with van der Waals surface area (Å²) < 4.78 is 38.9. The first-order chi connectivity index (χ1) is 10.9. The van der Waals surface area contributed by atoms with E-state index in [0.29, 0.717) is 12.5 Å². The van der Waals surface area contributed by atoms with Gasteiger partial charge in [0.05, 0.1) is 12.0 Å². The van der Waals surface area contributed by atoms with Crippen LogP contribution in [0.1, 0.15) is 43.2 Å². The topological polar surface area (TPSA) is 55.1 Å². The van der Waals surface area contributed by atoms with Gasteiger partial charge in [-0.05, 0) is 30.4 Å². The van der Waals surface area contributed by atoms with Crippen LogP contribution in [-0.2, 0) is 17.4 Å². The Kier molecular flexibility index (Phi) is 8.03. The Morgan fingerprint density at radius 3 is 2.42 bits per heavy atom. The van der Waals surface area contributed by atoms with Crippen LogP contribution in [0.4, 0.5) is 13.2 Å². The van der Waals surface area contributed by atoms with Gasteiger partial charge in [0.2, 0.25) is 5.91 Å². The molecule has 1 aromatic carbocycles. The number of rotatable bonds is 5. The normalized spacial score (nSPS) is 17.0. The van der Waals surface area contributed by atoms with Gasteiger partial charge in [-0.1, -0.05) is 37.5 Å². The zero-order valence-electron chi connectivity index (χ0n) is 13.4. The van der Waals surface area contributed by atoms with E-state index in [9.17, 15) is 18.0 Å². The van der Waals surface area contributed by atoms with E-state index >= 15 is 0 Å². The Hall–Kier alpha value is -1.27. The molecule has 2 rings (SSSR count). The first kappa shape index (κ1) is 20.8. The van der Waals surface area contributed by atoms with Gasteiger partial charge in [0.1, 0.15) is 0 Å². The molecule has 3 N–H and O–H groups in total. The average Bonchev–Trinajstić information content (AvgIpc) is 2.53. The fourth-order valence-corrected chi connectivity index (χ4v) is 3.29. The Morgan fingerprint density at radius 2 is 1.83 bits per heavy atom. The fraction of sp³-hybridized carbons (Fsp3) is 0.588. The van der Waals surface area contributed by atoms with Gasteiger partial charge in [-0.25, -0.2) is 0 Å². The van der Waals surface area contributed by atoms with Gasteiger partial charge in [-0.3, -0.25) is 4.79 Å². The Balaban J connectivity index is 0.00000288. The highest BCUT2D eigenvalue weighted by molar-refractivity contribution is 5.85. The molecule has 3 nitrogen and oxygen atoms in total. The molecule has 0 aliphatic heterocycles. The predicted molar refractivity (Wildman–Crippen MR) is 90.0 cm³/mol.